The largest absolute Gasteiger partial charge is 0.454 e. The molecule has 2 aromatic carbocycles. The van der Waals surface area contributed by atoms with Gasteiger partial charge in [0.05, 0.1) is 20.5 Å². The summed E-state index contributed by atoms with van der Waals surface area (Å²) in [5, 5.41) is 18.4. The maximum absolute atomic E-state index is 13.1. The Hall–Kier alpha value is -2.00. The van der Waals surface area contributed by atoms with Crippen molar-refractivity contribution < 1.29 is 13.2 Å². The average Bonchev–Trinajstić information content (AvgIpc) is 2.79. The Morgan fingerprint density at radius 1 is 0.875 bits per heavy atom. The predicted octanol–water partition coefficient (Wildman–Crippen LogP) is 6.77. The van der Waals surface area contributed by atoms with Gasteiger partial charge in [-0.15, -0.1) is 0 Å². The molecule has 0 N–H and O–H groups in total. The van der Waals surface area contributed by atoms with Crippen molar-refractivity contribution in [3.05, 3.63) is 50.5 Å². The van der Waals surface area contributed by atoms with Crippen LogP contribution in [0, 0.1) is 22.7 Å². The molecule has 0 heterocycles. The molecule has 0 aliphatic rings. The Morgan fingerprint density at radius 3 is 1.88 bits per heavy atom. The highest BCUT2D eigenvalue weighted by Gasteiger charge is 2.25. The molecule has 0 spiro atoms. The van der Waals surface area contributed by atoms with Gasteiger partial charge in [-0.3, -0.25) is 0 Å². The molecular weight excluding hydrogens is 493 g/mol. The summed E-state index contributed by atoms with van der Waals surface area (Å²) in [5.41, 5.74) is -0.311. The molecule has 0 fully saturated rings. The summed E-state index contributed by atoms with van der Waals surface area (Å²) in [6.07, 6.45) is 3.33. The maximum Gasteiger partial charge on any atom is 0.243 e. The van der Waals surface area contributed by atoms with E-state index in [4.69, 9.17) is 39.5 Å². The molecule has 0 aromatic heterocycles. The Kier molecular flexibility index (Phi) is 9.64. The normalized spacial score (nSPS) is 11.2. The predicted molar refractivity (Wildman–Crippen MR) is 126 cm³/mol. The lowest BCUT2D eigenvalue weighted by Gasteiger charge is -2.22. The second kappa shape index (κ2) is 11.7. The minimum Gasteiger partial charge on any atom is -0.454 e. The lowest BCUT2D eigenvalue weighted by atomic mass is 10.1. The van der Waals surface area contributed by atoms with E-state index in [1.807, 2.05) is 26.0 Å². The molecule has 10 heteroatoms. The first kappa shape index (κ1) is 26.3. The zero-order valence-electron chi connectivity index (χ0n) is 17.7. The van der Waals surface area contributed by atoms with Crippen molar-refractivity contribution in [1.82, 2.24) is 4.31 Å². The monoisotopic (exact) mass is 513 g/mol. The van der Waals surface area contributed by atoms with Crippen LogP contribution in [0.3, 0.4) is 0 Å². The van der Waals surface area contributed by atoms with E-state index in [0.29, 0.717) is 13.1 Å². The van der Waals surface area contributed by atoms with E-state index in [2.05, 4.69) is 0 Å². The van der Waals surface area contributed by atoms with E-state index in [1.165, 1.54) is 28.6 Å². The van der Waals surface area contributed by atoms with Gasteiger partial charge in [0.2, 0.25) is 10.0 Å². The smallest absolute Gasteiger partial charge is 0.243 e. The highest BCUT2D eigenvalue weighted by Crippen LogP contribution is 2.44. The molecule has 6 nitrogen and oxygen atoms in total. The van der Waals surface area contributed by atoms with E-state index in [1.54, 1.807) is 0 Å². The van der Waals surface area contributed by atoms with Gasteiger partial charge in [-0.25, -0.2) is 8.42 Å². The summed E-state index contributed by atoms with van der Waals surface area (Å²) in [4.78, 5) is 0.135. The van der Waals surface area contributed by atoms with Crippen LogP contribution in [0.15, 0.2) is 29.2 Å². The number of unbranched alkanes of at least 4 members (excludes halogenated alkanes) is 2. The van der Waals surface area contributed by atoms with E-state index >= 15 is 0 Å². The van der Waals surface area contributed by atoms with Gasteiger partial charge in [0.15, 0.2) is 5.75 Å². The minimum absolute atomic E-state index is 0.111. The highest BCUT2D eigenvalue weighted by molar-refractivity contribution is 7.89. The van der Waals surface area contributed by atoms with Gasteiger partial charge in [0, 0.05) is 13.1 Å². The SMILES string of the molecule is CCCCN(CCCC)S(=O)(=O)c1ccc(Oc2c(Cl)c(Cl)c(Cl)c(C#N)c2C#N)cc1. The topological polar surface area (TPSA) is 94.2 Å². The van der Waals surface area contributed by atoms with Crippen molar-refractivity contribution >= 4 is 44.8 Å². The van der Waals surface area contributed by atoms with Gasteiger partial charge in [-0.2, -0.15) is 14.8 Å². The van der Waals surface area contributed by atoms with Crippen LogP contribution in [0.5, 0.6) is 11.5 Å². The number of halogens is 3. The Balaban J connectivity index is 2.39. The Morgan fingerprint density at radius 2 is 1.41 bits per heavy atom. The van der Waals surface area contributed by atoms with Crippen LogP contribution in [0.1, 0.15) is 50.7 Å². The van der Waals surface area contributed by atoms with Gasteiger partial charge in [0.25, 0.3) is 0 Å². The second-order valence-electron chi connectivity index (χ2n) is 6.93. The van der Waals surface area contributed by atoms with Crippen LogP contribution in [-0.4, -0.2) is 25.8 Å². The third-order valence-electron chi connectivity index (χ3n) is 4.71. The van der Waals surface area contributed by atoms with Crippen molar-refractivity contribution in [3.63, 3.8) is 0 Å². The van der Waals surface area contributed by atoms with Gasteiger partial charge < -0.3 is 4.74 Å². The van der Waals surface area contributed by atoms with Crippen LogP contribution >= 0.6 is 34.8 Å². The lowest BCUT2D eigenvalue weighted by Crippen LogP contribution is -2.33. The zero-order chi connectivity index (χ0) is 23.9. The lowest BCUT2D eigenvalue weighted by molar-refractivity contribution is 0.395. The maximum atomic E-state index is 13.1. The molecule has 32 heavy (non-hydrogen) atoms. The second-order valence-corrected chi connectivity index (χ2v) is 10.0. The third-order valence-corrected chi connectivity index (χ3v) is 7.93. The Labute approximate surface area is 203 Å². The van der Waals surface area contributed by atoms with Crippen LogP contribution in [-0.2, 0) is 10.0 Å². The minimum atomic E-state index is -3.66. The molecule has 0 unspecified atom stereocenters. The summed E-state index contributed by atoms with van der Waals surface area (Å²) in [6.45, 7) is 4.94. The highest BCUT2D eigenvalue weighted by atomic mass is 35.5. The molecule has 0 aliphatic carbocycles. The zero-order valence-corrected chi connectivity index (χ0v) is 20.7. The molecule has 170 valence electrons. The van der Waals surface area contributed by atoms with Crippen LogP contribution in [0.4, 0.5) is 0 Å². The van der Waals surface area contributed by atoms with Crippen molar-refractivity contribution in [3.8, 4) is 23.6 Å². The average molecular weight is 515 g/mol. The number of sulfonamides is 1. The van der Waals surface area contributed by atoms with Gasteiger partial charge in [-0.1, -0.05) is 61.5 Å². The van der Waals surface area contributed by atoms with E-state index < -0.39 is 10.0 Å². The fourth-order valence-corrected chi connectivity index (χ4v) is 5.12. The van der Waals surface area contributed by atoms with E-state index in [9.17, 15) is 18.9 Å². The molecule has 0 aliphatic heterocycles. The molecule has 0 amide bonds. The fraction of sp³-hybridized carbons (Fsp3) is 0.364. The molecule has 0 saturated heterocycles. The summed E-state index contributed by atoms with van der Waals surface area (Å²) >= 11 is 18.3. The number of benzene rings is 2. The summed E-state index contributed by atoms with van der Waals surface area (Å²) in [5.74, 6) is 0.0986. The van der Waals surface area contributed by atoms with Crippen LogP contribution in [0.25, 0.3) is 0 Å². The third kappa shape index (κ3) is 5.67. The number of rotatable bonds is 10. The van der Waals surface area contributed by atoms with Crippen molar-refractivity contribution in [1.29, 1.82) is 10.5 Å². The molecule has 0 radical (unpaired) electrons. The first-order chi connectivity index (χ1) is 15.2. The summed E-state index contributed by atoms with van der Waals surface area (Å²) in [7, 11) is -3.66. The van der Waals surface area contributed by atoms with Crippen molar-refractivity contribution in [2.75, 3.05) is 13.1 Å². The van der Waals surface area contributed by atoms with Crippen LogP contribution < -0.4 is 4.74 Å². The van der Waals surface area contributed by atoms with Crippen LogP contribution in [0.2, 0.25) is 15.1 Å². The molecule has 2 aromatic rings. The van der Waals surface area contributed by atoms with E-state index in [0.717, 1.165) is 25.7 Å². The quantitative estimate of drug-likeness (QED) is 0.326. The first-order valence-corrected chi connectivity index (χ1v) is 12.6. The number of ether oxygens (including phenoxy) is 1. The number of nitriles is 2. The standard InChI is InChI=1S/C22H22Cl3N3O3S/c1-3-5-11-28(12-6-4-2)32(29,30)16-9-7-15(8-10-16)31-22-18(14-27)17(13-26)19(23)20(24)21(22)25/h7-10H,3-6,11-12H2,1-2H3. The van der Waals surface area contributed by atoms with Gasteiger partial charge >= 0.3 is 0 Å². The molecule has 0 bridgehead atoms. The van der Waals surface area contributed by atoms with Crippen molar-refractivity contribution in [2.24, 2.45) is 0 Å². The van der Waals surface area contributed by atoms with Crippen molar-refractivity contribution in [2.45, 2.75) is 44.4 Å². The number of hydrogen-bond acceptors (Lipinski definition) is 5. The Bertz CT molecular complexity index is 1150. The summed E-state index contributed by atoms with van der Waals surface area (Å²) < 4.78 is 33.4. The molecule has 0 saturated carbocycles. The fourth-order valence-electron chi connectivity index (χ4n) is 2.91. The first-order valence-electron chi connectivity index (χ1n) is 10.0. The molecule has 0 atom stereocenters. The van der Waals surface area contributed by atoms with Gasteiger partial charge in [0.1, 0.15) is 28.5 Å². The number of hydrogen-bond donors (Lipinski definition) is 0. The summed E-state index contributed by atoms with van der Waals surface area (Å²) in [6, 6.07) is 9.45. The molecular formula is C22H22Cl3N3O3S. The molecule has 2 rings (SSSR count). The van der Waals surface area contributed by atoms with Gasteiger partial charge in [-0.05, 0) is 37.1 Å². The number of nitrogens with zero attached hydrogens (tertiary/aromatic N) is 3. The van der Waals surface area contributed by atoms with E-state index in [-0.39, 0.29) is 42.6 Å².